The van der Waals surface area contributed by atoms with Crippen molar-refractivity contribution in [2.45, 2.75) is 6.42 Å². The number of benzene rings is 3. The molecule has 0 amide bonds. The van der Waals surface area contributed by atoms with Crippen LogP contribution in [0.5, 0.6) is 5.75 Å². The molecule has 3 nitrogen and oxygen atoms in total. The molecular formula is C25H28ClNO2. The Bertz CT molecular complexity index is 878. The Morgan fingerprint density at radius 2 is 1.34 bits per heavy atom. The third-order valence-electron chi connectivity index (χ3n) is 4.61. The van der Waals surface area contributed by atoms with Gasteiger partial charge in [0.1, 0.15) is 12.4 Å². The van der Waals surface area contributed by atoms with Gasteiger partial charge in [0.25, 0.3) is 0 Å². The van der Waals surface area contributed by atoms with Crippen LogP contribution in [0.3, 0.4) is 0 Å². The number of aliphatic hydroxyl groups excluding tert-OH is 1. The van der Waals surface area contributed by atoms with Gasteiger partial charge in [-0.1, -0.05) is 72.8 Å². The summed E-state index contributed by atoms with van der Waals surface area (Å²) in [6.45, 7) is 1.55. The highest BCUT2D eigenvalue weighted by Crippen LogP contribution is 2.34. The normalized spacial score (nSPS) is 11.4. The Kier molecular flexibility index (Phi) is 9.45. The topological polar surface area (TPSA) is 41.5 Å². The molecule has 0 atom stereocenters. The molecular weight excluding hydrogens is 382 g/mol. The number of hydrogen-bond donors (Lipinski definition) is 2. The number of halogens is 1. The van der Waals surface area contributed by atoms with Gasteiger partial charge in [-0.25, -0.2) is 0 Å². The van der Waals surface area contributed by atoms with Crippen LogP contribution < -0.4 is 10.1 Å². The predicted molar refractivity (Wildman–Crippen MR) is 124 cm³/mol. The van der Waals surface area contributed by atoms with E-state index in [0.29, 0.717) is 13.0 Å². The fourth-order valence-electron chi connectivity index (χ4n) is 3.27. The van der Waals surface area contributed by atoms with E-state index in [9.17, 15) is 5.11 Å². The van der Waals surface area contributed by atoms with E-state index in [1.807, 2.05) is 55.6 Å². The molecule has 0 unspecified atom stereocenters. The van der Waals surface area contributed by atoms with Crippen LogP contribution >= 0.6 is 12.4 Å². The van der Waals surface area contributed by atoms with Gasteiger partial charge in [-0.2, -0.15) is 0 Å². The fourth-order valence-corrected chi connectivity index (χ4v) is 3.27. The highest BCUT2D eigenvalue weighted by atomic mass is 35.5. The van der Waals surface area contributed by atoms with E-state index in [-0.39, 0.29) is 19.0 Å². The first-order valence-corrected chi connectivity index (χ1v) is 9.66. The van der Waals surface area contributed by atoms with E-state index in [1.165, 1.54) is 0 Å². The lowest BCUT2D eigenvalue weighted by atomic mass is 9.88. The van der Waals surface area contributed by atoms with Crippen LogP contribution in [0.15, 0.2) is 84.9 Å². The van der Waals surface area contributed by atoms with Crippen molar-refractivity contribution in [1.29, 1.82) is 0 Å². The second-order valence-electron chi connectivity index (χ2n) is 6.54. The molecule has 0 heterocycles. The number of ether oxygens (including phenoxy) is 1. The lowest BCUT2D eigenvalue weighted by molar-refractivity contribution is 0.305. The molecule has 0 aliphatic heterocycles. The molecule has 0 saturated carbocycles. The van der Waals surface area contributed by atoms with Crippen LogP contribution in [0.1, 0.15) is 23.1 Å². The highest BCUT2D eigenvalue weighted by Gasteiger charge is 2.14. The molecule has 0 fully saturated rings. The van der Waals surface area contributed by atoms with Crippen LogP contribution in [0, 0.1) is 0 Å². The van der Waals surface area contributed by atoms with Crippen molar-refractivity contribution in [2.24, 2.45) is 0 Å². The fraction of sp³-hybridized carbons (Fsp3) is 0.200. The summed E-state index contributed by atoms with van der Waals surface area (Å²) in [4.78, 5) is 0. The van der Waals surface area contributed by atoms with Crippen LogP contribution in [-0.4, -0.2) is 31.9 Å². The second-order valence-corrected chi connectivity index (χ2v) is 6.54. The maximum Gasteiger partial charge on any atom is 0.119 e. The first-order chi connectivity index (χ1) is 13.8. The average molecular weight is 410 g/mol. The summed E-state index contributed by atoms with van der Waals surface area (Å²) in [7, 11) is 1.91. The molecule has 0 spiro atoms. The first kappa shape index (κ1) is 22.7. The first-order valence-electron chi connectivity index (χ1n) is 9.66. The minimum absolute atomic E-state index is 0. The van der Waals surface area contributed by atoms with E-state index in [1.54, 1.807) is 0 Å². The van der Waals surface area contributed by atoms with Crippen molar-refractivity contribution in [1.82, 2.24) is 5.32 Å². The summed E-state index contributed by atoms with van der Waals surface area (Å²) >= 11 is 0. The lowest BCUT2D eigenvalue weighted by Crippen LogP contribution is -2.15. The van der Waals surface area contributed by atoms with E-state index in [2.05, 4.69) is 41.7 Å². The summed E-state index contributed by atoms with van der Waals surface area (Å²) in [5.41, 5.74) is 5.66. The van der Waals surface area contributed by atoms with Crippen LogP contribution in [0.4, 0.5) is 0 Å². The minimum atomic E-state index is 0. The van der Waals surface area contributed by atoms with Gasteiger partial charge in [-0.05, 0) is 53.4 Å². The van der Waals surface area contributed by atoms with Crippen LogP contribution in [-0.2, 0) is 0 Å². The van der Waals surface area contributed by atoms with E-state index >= 15 is 0 Å². The van der Waals surface area contributed by atoms with Gasteiger partial charge in [0.05, 0.1) is 0 Å². The molecule has 3 aromatic rings. The summed E-state index contributed by atoms with van der Waals surface area (Å²) in [5.74, 6) is 0.856. The summed E-state index contributed by atoms with van der Waals surface area (Å²) in [5, 5.41) is 12.8. The minimum Gasteiger partial charge on any atom is -0.492 e. The Morgan fingerprint density at radius 3 is 1.90 bits per heavy atom. The number of rotatable bonds is 9. The number of likely N-dealkylation sites (N-methyl/N-ethyl adjacent to an activating group) is 1. The molecule has 3 rings (SSSR count). The quantitative estimate of drug-likeness (QED) is 0.384. The molecule has 29 heavy (non-hydrogen) atoms. The molecule has 152 valence electrons. The molecule has 4 heteroatoms. The maximum atomic E-state index is 9.75. The Hall–Kier alpha value is -2.59. The lowest BCUT2D eigenvalue weighted by Gasteiger charge is -2.17. The van der Waals surface area contributed by atoms with Crippen LogP contribution in [0.25, 0.3) is 11.1 Å². The standard InChI is InChI=1S/C25H27NO2.ClH/c1-26-17-19-28-23-14-12-22(13-15-23)25(21-10-6-3-7-11-21)24(16-18-27)20-8-4-2-5-9-20;/h2-15,26-27H,16-19H2,1H3;1H/b25-24-;. The van der Waals surface area contributed by atoms with Gasteiger partial charge in [-0.15, -0.1) is 12.4 Å². The van der Waals surface area contributed by atoms with Gasteiger partial charge in [-0.3, -0.25) is 0 Å². The largest absolute Gasteiger partial charge is 0.492 e. The molecule has 0 aromatic heterocycles. The Morgan fingerprint density at radius 1 is 0.793 bits per heavy atom. The van der Waals surface area contributed by atoms with Gasteiger partial charge in [0.15, 0.2) is 0 Å². The van der Waals surface area contributed by atoms with Gasteiger partial charge in [0.2, 0.25) is 0 Å². The maximum absolute atomic E-state index is 9.75. The predicted octanol–water partition coefficient (Wildman–Crippen LogP) is 5.05. The van der Waals surface area contributed by atoms with Crippen molar-refractivity contribution < 1.29 is 9.84 Å². The Labute approximate surface area is 179 Å². The summed E-state index contributed by atoms with van der Waals surface area (Å²) in [6.07, 6.45) is 0.592. The smallest absolute Gasteiger partial charge is 0.119 e. The molecule has 0 aliphatic rings. The van der Waals surface area contributed by atoms with Crippen molar-refractivity contribution in [3.05, 3.63) is 102 Å². The molecule has 2 N–H and O–H groups in total. The van der Waals surface area contributed by atoms with E-state index < -0.39 is 0 Å². The zero-order chi connectivity index (χ0) is 19.6. The molecule has 0 aliphatic carbocycles. The number of hydrogen-bond acceptors (Lipinski definition) is 3. The average Bonchev–Trinajstić information content (AvgIpc) is 2.76. The van der Waals surface area contributed by atoms with Gasteiger partial charge >= 0.3 is 0 Å². The van der Waals surface area contributed by atoms with Crippen molar-refractivity contribution in [3.63, 3.8) is 0 Å². The molecule has 3 aromatic carbocycles. The molecule has 0 radical (unpaired) electrons. The SMILES string of the molecule is CNCCOc1ccc(/C(=C(/CCO)c2ccccc2)c2ccccc2)cc1.Cl. The summed E-state index contributed by atoms with van der Waals surface area (Å²) < 4.78 is 5.76. The van der Waals surface area contributed by atoms with E-state index in [0.717, 1.165) is 40.1 Å². The highest BCUT2D eigenvalue weighted by molar-refractivity contribution is 5.98. The Balaban J connectivity index is 0.00000300. The van der Waals surface area contributed by atoms with Crippen molar-refractivity contribution >= 4 is 23.6 Å². The molecule has 0 bridgehead atoms. The van der Waals surface area contributed by atoms with Gasteiger partial charge in [0, 0.05) is 13.2 Å². The van der Waals surface area contributed by atoms with Crippen molar-refractivity contribution in [2.75, 3.05) is 26.8 Å². The summed E-state index contributed by atoms with van der Waals surface area (Å²) in [6, 6.07) is 28.8. The van der Waals surface area contributed by atoms with Gasteiger partial charge < -0.3 is 15.2 Å². The zero-order valence-electron chi connectivity index (χ0n) is 16.7. The third kappa shape index (κ3) is 6.20. The molecule has 0 saturated heterocycles. The number of nitrogens with one attached hydrogen (secondary N) is 1. The number of aliphatic hydroxyl groups is 1. The second kappa shape index (κ2) is 12.1. The van der Waals surface area contributed by atoms with Crippen molar-refractivity contribution in [3.8, 4) is 5.75 Å². The van der Waals surface area contributed by atoms with Crippen LogP contribution in [0.2, 0.25) is 0 Å². The monoisotopic (exact) mass is 409 g/mol. The third-order valence-corrected chi connectivity index (χ3v) is 4.61. The van der Waals surface area contributed by atoms with E-state index in [4.69, 9.17) is 4.74 Å². The zero-order valence-corrected chi connectivity index (χ0v) is 17.5.